The van der Waals surface area contributed by atoms with Crippen LogP contribution < -0.4 is 0 Å². The van der Waals surface area contributed by atoms with Crippen molar-refractivity contribution in [1.82, 2.24) is 9.80 Å². The fourth-order valence-corrected chi connectivity index (χ4v) is 4.40. The molecule has 0 radical (unpaired) electrons. The Balaban J connectivity index is 1.77. The molecule has 34 heavy (non-hydrogen) atoms. The second-order valence-electron chi connectivity index (χ2n) is 9.49. The van der Waals surface area contributed by atoms with E-state index in [1.54, 1.807) is 11.9 Å². The third-order valence-electron chi connectivity index (χ3n) is 6.68. The molecule has 0 saturated heterocycles. The van der Waals surface area contributed by atoms with E-state index in [2.05, 4.69) is 67.3 Å². The Kier molecular flexibility index (Phi) is 9.43. The number of nitrogens with zero attached hydrogens (tertiary/aromatic N) is 2. The number of likely N-dealkylation sites (N-methyl/N-ethyl adjacent to an activating group) is 1. The highest BCUT2D eigenvalue weighted by Crippen LogP contribution is 2.24. The minimum atomic E-state index is -0.725. The van der Waals surface area contributed by atoms with E-state index in [-0.39, 0.29) is 18.0 Å². The second-order valence-corrected chi connectivity index (χ2v) is 9.49. The third-order valence-corrected chi connectivity index (χ3v) is 6.68. The minimum absolute atomic E-state index is 0.0484. The van der Waals surface area contributed by atoms with Gasteiger partial charge in [-0.2, -0.15) is 0 Å². The molecule has 3 atom stereocenters. The van der Waals surface area contributed by atoms with Crippen molar-refractivity contribution in [3.8, 4) is 0 Å². The predicted octanol–water partition coefficient (Wildman–Crippen LogP) is 5.68. The average molecular weight is 459 g/mol. The first-order chi connectivity index (χ1) is 16.4. The molecule has 0 aliphatic heterocycles. The first-order valence-electron chi connectivity index (χ1n) is 12.2. The van der Waals surface area contributed by atoms with Gasteiger partial charge in [0.25, 0.3) is 0 Å². The molecule has 0 bridgehead atoms. The predicted molar refractivity (Wildman–Crippen MR) is 139 cm³/mol. The van der Waals surface area contributed by atoms with Gasteiger partial charge < -0.3 is 10.0 Å². The van der Waals surface area contributed by atoms with Gasteiger partial charge in [0.2, 0.25) is 5.91 Å². The van der Waals surface area contributed by atoms with E-state index in [9.17, 15) is 9.90 Å². The van der Waals surface area contributed by atoms with Crippen LogP contribution in [0.4, 0.5) is 0 Å². The quantitative estimate of drug-likeness (QED) is 0.402. The number of carbonyl (C=O) groups excluding carboxylic acids is 1. The summed E-state index contributed by atoms with van der Waals surface area (Å²) in [6.07, 6.45) is -0.322. The Bertz CT molecular complexity index is 951. The van der Waals surface area contributed by atoms with Gasteiger partial charge in [-0.1, -0.05) is 105 Å². The number of aliphatic hydroxyl groups is 1. The van der Waals surface area contributed by atoms with Gasteiger partial charge >= 0.3 is 0 Å². The lowest BCUT2D eigenvalue weighted by Crippen LogP contribution is -2.45. The van der Waals surface area contributed by atoms with Gasteiger partial charge in [0.15, 0.2) is 0 Å². The summed E-state index contributed by atoms with van der Waals surface area (Å²) < 4.78 is 0. The van der Waals surface area contributed by atoms with Crippen molar-refractivity contribution in [1.29, 1.82) is 0 Å². The first-order valence-corrected chi connectivity index (χ1v) is 12.2. The first kappa shape index (κ1) is 25.7. The maximum Gasteiger partial charge on any atom is 0.224 e. The van der Waals surface area contributed by atoms with Crippen LogP contribution in [0.25, 0.3) is 0 Å². The Hall–Kier alpha value is -2.95. The van der Waals surface area contributed by atoms with Crippen molar-refractivity contribution in [2.24, 2.45) is 5.92 Å². The molecule has 1 N–H and O–H groups in total. The van der Waals surface area contributed by atoms with Crippen LogP contribution in [-0.4, -0.2) is 39.9 Å². The molecule has 0 saturated carbocycles. The Morgan fingerprint density at radius 3 is 1.65 bits per heavy atom. The molecule has 4 nitrogen and oxygen atoms in total. The Labute approximate surface area is 204 Å². The van der Waals surface area contributed by atoms with Crippen molar-refractivity contribution in [2.45, 2.75) is 58.5 Å². The van der Waals surface area contributed by atoms with Crippen LogP contribution in [0.3, 0.4) is 0 Å². The molecule has 0 aromatic heterocycles. The van der Waals surface area contributed by atoms with E-state index in [1.807, 2.05) is 49.4 Å². The zero-order valence-corrected chi connectivity index (χ0v) is 20.8. The number of rotatable bonds is 11. The van der Waals surface area contributed by atoms with Crippen molar-refractivity contribution in [2.75, 3.05) is 7.05 Å². The third kappa shape index (κ3) is 7.02. The average Bonchev–Trinajstić information content (AvgIpc) is 2.87. The Morgan fingerprint density at radius 1 is 0.765 bits per heavy atom. The number of amides is 1. The highest BCUT2D eigenvalue weighted by molar-refractivity contribution is 5.77. The molecule has 0 aliphatic rings. The van der Waals surface area contributed by atoms with Crippen molar-refractivity contribution < 1.29 is 9.90 Å². The number of hydrogen-bond acceptors (Lipinski definition) is 3. The molecule has 0 fully saturated rings. The number of hydrogen-bond donors (Lipinski definition) is 1. The molecule has 3 aromatic rings. The standard InChI is InChI=1S/C30H38N2O2/c1-23(2)28(20-29(33)31(4)24(3)30(34)27-18-12-7-13-19-27)32(21-25-14-8-5-9-15-25)22-26-16-10-6-11-17-26/h5-19,23-24,28,30,34H,20-22H2,1-4H3/t24-,28-,30+/m0/s1. The summed E-state index contributed by atoms with van der Waals surface area (Å²) in [7, 11) is 1.80. The zero-order valence-electron chi connectivity index (χ0n) is 20.8. The van der Waals surface area contributed by atoms with Gasteiger partial charge in [-0.05, 0) is 29.5 Å². The SMILES string of the molecule is CC(C)[C@H](CC(=O)N(C)[C@@H](C)[C@@H](O)c1ccccc1)N(Cc1ccccc1)Cc1ccccc1. The normalized spacial score (nSPS) is 14.1. The van der Waals surface area contributed by atoms with Crippen LogP contribution in [0, 0.1) is 5.92 Å². The molecular formula is C30H38N2O2. The van der Waals surface area contributed by atoms with Crippen LogP contribution in [0.5, 0.6) is 0 Å². The van der Waals surface area contributed by atoms with Crippen LogP contribution in [0.15, 0.2) is 91.0 Å². The second kappa shape index (κ2) is 12.5. The lowest BCUT2D eigenvalue weighted by Gasteiger charge is -2.37. The summed E-state index contributed by atoms with van der Waals surface area (Å²) in [5.41, 5.74) is 3.29. The number of benzene rings is 3. The lowest BCUT2D eigenvalue weighted by molar-refractivity contribution is -0.136. The fraction of sp³-hybridized carbons (Fsp3) is 0.367. The Morgan fingerprint density at radius 2 is 1.21 bits per heavy atom. The lowest BCUT2D eigenvalue weighted by atomic mass is 9.95. The molecule has 0 spiro atoms. The van der Waals surface area contributed by atoms with E-state index in [1.165, 1.54) is 11.1 Å². The molecule has 0 unspecified atom stereocenters. The van der Waals surface area contributed by atoms with E-state index in [0.717, 1.165) is 18.7 Å². The fourth-order valence-electron chi connectivity index (χ4n) is 4.40. The highest BCUT2D eigenvalue weighted by Gasteiger charge is 2.30. The summed E-state index contributed by atoms with van der Waals surface area (Å²) in [5.74, 6) is 0.339. The van der Waals surface area contributed by atoms with E-state index in [4.69, 9.17) is 0 Å². The van der Waals surface area contributed by atoms with Crippen LogP contribution >= 0.6 is 0 Å². The molecule has 0 aliphatic carbocycles. The molecule has 3 rings (SSSR count). The number of aliphatic hydroxyl groups excluding tert-OH is 1. The maximum absolute atomic E-state index is 13.4. The monoisotopic (exact) mass is 458 g/mol. The molecule has 1 amide bonds. The van der Waals surface area contributed by atoms with Gasteiger partial charge in [-0.3, -0.25) is 9.69 Å². The largest absolute Gasteiger partial charge is 0.386 e. The topological polar surface area (TPSA) is 43.8 Å². The number of carbonyl (C=O) groups is 1. The maximum atomic E-state index is 13.4. The van der Waals surface area contributed by atoms with Gasteiger partial charge in [-0.15, -0.1) is 0 Å². The molecule has 180 valence electrons. The van der Waals surface area contributed by atoms with Crippen molar-refractivity contribution >= 4 is 5.91 Å². The summed E-state index contributed by atoms with van der Waals surface area (Å²) in [6, 6.07) is 30.2. The zero-order chi connectivity index (χ0) is 24.5. The van der Waals surface area contributed by atoms with Crippen LogP contribution in [-0.2, 0) is 17.9 Å². The summed E-state index contributed by atoms with van der Waals surface area (Å²) in [6.45, 7) is 7.83. The summed E-state index contributed by atoms with van der Waals surface area (Å²) >= 11 is 0. The van der Waals surface area contributed by atoms with E-state index < -0.39 is 6.10 Å². The van der Waals surface area contributed by atoms with Gasteiger partial charge in [0.1, 0.15) is 0 Å². The molecule has 3 aromatic carbocycles. The summed E-state index contributed by atoms with van der Waals surface area (Å²) in [4.78, 5) is 17.6. The van der Waals surface area contributed by atoms with E-state index >= 15 is 0 Å². The van der Waals surface area contributed by atoms with Crippen molar-refractivity contribution in [3.63, 3.8) is 0 Å². The van der Waals surface area contributed by atoms with Gasteiger partial charge in [-0.25, -0.2) is 0 Å². The minimum Gasteiger partial charge on any atom is -0.386 e. The van der Waals surface area contributed by atoms with Crippen LogP contribution in [0.2, 0.25) is 0 Å². The van der Waals surface area contributed by atoms with E-state index in [0.29, 0.717) is 12.3 Å². The van der Waals surface area contributed by atoms with Crippen molar-refractivity contribution in [3.05, 3.63) is 108 Å². The molecule has 4 heteroatoms. The molecule has 0 heterocycles. The van der Waals surface area contributed by atoms with Crippen LogP contribution in [0.1, 0.15) is 50.0 Å². The highest BCUT2D eigenvalue weighted by atomic mass is 16.3. The van der Waals surface area contributed by atoms with Gasteiger partial charge in [0, 0.05) is 32.6 Å². The molecular weight excluding hydrogens is 420 g/mol. The summed E-state index contributed by atoms with van der Waals surface area (Å²) in [5, 5.41) is 10.8. The smallest absolute Gasteiger partial charge is 0.224 e. The van der Waals surface area contributed by atoms with Gasteiger partial charge in [0.05, 0.1) is 12.1 Å².